The number of hydrogen-bond acceptors (Lipinski definition) is 4. The third-order valence-corrected chi connectivity index (χ3v) is 4.66. The lowest BCUT2D eigenvalue weighted by atomic mass is 10.0. The van der Waals surface area contributed by atoms with Gasteiger partial charge in [0.1, 0.15) is 0 Å². The van der Waals surface area contributed by atoms with E-state index < -0.39 is 5.76 Å². The number of nitrogens with zero attached hydrogens (tertiary/aromatic N) is 2. The molecule has 0 radical (unpaired) electrons. The van der Waals surface area contributed by atoms with Crippen molar-refractivity contribution in [2.75, 3.05) is 0 Å². The molecule has 0 amide bonds. The van der Waals surface area contributed by atoms with Gasteiger partial charge in [0.25, 0.3) is 0 Å². The molecule has 0 spiro atoms. The second-order valence-electron chi connectivity index (χ2n) is 6.14. The lowest BCUT2D eigenvalue weighted by Crippen LogP contribution is -2.15. The predicted molar refractivity (Wildman–Crippen MR) is 103 cm³/mol. The summed E-state index contributed by atoms with van der Waals surface area (Å²) in [6, 6.07) is 15.6. The fourth-order valence-corrected chi connectivity index (χ4v) is 3.10. The largest absolute Gasteiger partial charge is 0.419 e. The molecule has 4 aromatic rings. The molecular formula is C21H15ClN2O3. The zero-order chi connectivity index (χ0) is 18.8. The molecular weight excluding hydrogens is 364 g/mol. The highest BCUT2D eigenvalue weighted by molar-refractivity contribution is 6.30. The molecule has 0 saturated heterocycles. The Kier molecular flexibility index (Phi) is 4.60. The van der Waals surface area contributed by atoms with Gasteiger partial charge in [-0.3, -0.25) is 14.3 Å². The van der Waals surface area contributed by atoms with Crippen LogP contribution in [0.25, 0.3) is 11.1 Å². The molecule has 0 N–H and O–H groups in total. The highest BCUT2D eigenvalue weighted by atomic mass is 35.5. The van der Waals surface area contributed by atoms with Crippen molar-refractivity contribution in [1.82, 2.24) is 9.55 Å². The molecule has 4 rings (SSSR count). The molecule has 2 heterocycles. The number of fused-ring (bicyclic) bond motifs is 1. The van der Waals surface area contributed by atoms with Gasteiger partial charge in [-0.15, -0.1) is 0 Å². The number of rotatable bonds is 5. The lowest BCUT2D eigenvalue weighted by molar-refractivity contribution is 0.103. The van der Waals surface area contributed by atoms with E-state index in [1.807, 2.05) is 12.1 Å². The second kappa shape index (κ2) is 7.21. The van der Waals surface area contributed by atoms with Crippen molar-refractivity contribution < 1.29 is 9.21 Å². The number of carbonyl (C=O) groups excluding carboxylic acids is 1. The monoisotopic (exact) mass is 378 g/mol. The molecule has 0 fully saturated rings. The minimum atomic E-state index is -0.435. The first-order valence-electron chi connectivity index (χ1n) is 8.44. The number of halogens is 1. The van der Waals surface area contributed by atoms with E-state index in [-0.39, 0.29) is 5.78 Å². The maximum Gasteiger partial charge on any atom is 0.419 e. The zero-order valence-corrected chi connectivity index (χ0v) is 15.0. The predicted octanol–water partition coefficient (Wildman–Crippen LogP) is 4.12. The number of aromatic nitrogens is 2. The summed E-state index contributed by atoms with van der Waals surface area (Å²) in [5.74, 6) is -0.587. The van der Waals surface area contributed by atoms with Crippen molar-refractivity contribution >= 4 is 28.5 Å². The Balaban J connectivity index is 1.63. The first-order chi connectivity index (χ1) is 13.1. The molecule has 0 saturated carbocycles. The first-order valence-corrected chi connectivity index (χ1v) is 8.82. The van der Waals surface area contributed by atoms with Gasteiger partial charge in [0, 0.05) is 35.1 Å². The Labute approximate surface area is 159 Å². The highest BCUT2D eigenvalue weighted by Gasteiger charge is 2.14. The molecule has 134 valence electrons. The van der Waals surface area contributed by atoms with Crippen molar-refractivity contribution in [3.05, 3.63) is 99.3 Å². The quantitative estimate of drug-likeness (QED) is 0.490. The van der Waals surface area contributed by atoms with Crippen molar-refractivity contribution in [2.24, 2.45) is 0 Å². The summed E-state index contributed by atoms with van der Waals surface area (Å²) >= 11 is 5.87. The standard InChI is InChI=1S/C21H15ClN2O3/c22-17-4-1-15(2-5-17)20(25)16-3-6-18-19(13-16)27-21(26)24(18)12-9-14-7-10-23-11-8-14/h1-8,10-11,13H,9,12H2. The Morgan fingerprint density at radius 2 is 1.70 bits per heavy atom. The Hall–Kier alpha value is -3.18. The van der Waals surface area contributed by atoms with Gasteiger partial charge < -0.3 is 4.42 Å². The molecule has 0 aliphatic carbocycles. The molecule has 5 nitrogen and oxygen atoms in total. The van der Waals surface area contributed by atoms with Gasteiger partial charge in [0.05, 0.1) is 5.52 Å². The van der Waals surface area contributed by atoms with E-state index in [2.05, 4.69) is 4.98 Å². The molecule has 6 heteroatoms. The number of hydrogen-bond donors (Lipinski definition) is 0. The molecule has 2 aromatic carbocycles. The van der Waals surface area contributed by atoms with Crippen LogP contribution >= 0.6 is 11.6 Å². The fourth-order valence-electron chi connectivity index (χ4n) is 2.98. The summed E-state index contributed by atoms with van der Waals surface area (Å²) in [6.45, 7) is 0.486. The minimum Gasteiger partial charge on any atom is -0.408 e. The van der Waals surface area contributed by atoms with Crippen LogP contribution in [0.1, 0.15) is 21.5 Å². The van der Waals surface area contributed by atoms with Crippen LogP contribution in [-0.4, -0.2) is 15.3 Å². The number of aryl methyl sites for hydroxylation is 2. The van der Waals surface area contributed by atoms with E-state index in [1.54, 1.807) is 59.4 Å². The van der Waals surface area contributed by atoms with Crippen LogP contribution in [-0.2, 0) is 13.0 Å². The average molecular weight is 379 g/mol. The Morgan fingerprint density at radius 1 is 1.00 bits per heavy atom. The molecule has 2 aromatic heterocycles. The Morgan fingerprint density at radius 3 is 2.44 bits per heavy atom. The summed E-state index contributed by atoms with van der Waals surface area (Å²) in [5.41, 5.74) is 3.13. The molecule has 0 bridgehead atoms. The molecule has 0 unspecified atom stereocenters. The summed E-state index contributed by atoms with van der Waals surface area (Å²) in [6.07, 6.45) is 4.13. The number of pyridine rings is 1. The Bertz CT molecular complexity index is 1160. The average Bonchev–Trinajstić information content (AvgIpc) is 3.01. The van der Waals surface area contributed by atoms with Crippen LogP contribution in [0, 0.1) is 0 Å². The summed E-state index contributed by atoms with van der Waals surface area (Å²) in [7, 11) is 0. The van der Waals surface area contributed by atoms with Crippen molar-refractivity contribution in [2.45, 2.75) is 13.0 Å². The van der Waals surface area contributed by atoms with Crippen LogP contribution in [0.5, 0.6) is 0 Å². The number of carbonyl (C=O) groups is 1. The molecule has 0 aliphatic heterocycles. The van der Waals surface area contributed by atoms with Crippen molar-refractivity contribution in [1.29, 1.82) is 0 Å². The van der Waals surface area contributed by atoms with E-state index in [4.69, 9.17) is 16.0 Å². The maximum absolute atomic E-state index is 12.6. The smallest absolute Gasteiger partial charge is 0.408 e. The number of oxazole rings is 1. The summed E-state index contributed by atoms with van der Waals surface area (Å²) < 4.78 is 6.93. The van der Waals surface area contributed by atoms with Crippen LogP contribution in [0.15, 0.2) is 76.2 Å². The van der Waals surface area contributed by atoms with Crippen LogP contribution in [0.3, 0.4) is 0 Å². The highest BCUT2D eigenvalue weighted by Crippen LogP contribution is 2.19. The van der Waals surface area contributed by atoms with Gasteiger partial charge in [-0.05, 0) is 66.6 Å². The third-order valence-electron chi connectivity index (χ3n) is 4.41. The van der Waals surface area contributed by atoms with Crippen molar-refractivity contribution in [3.63, 3.8) is 0 Å². The molecule has 0 atom stereocenters. The topological polar surface area (TPSA) is 65.1 Å². The van der Waals surface area contributed by atoms with E-state index in [0.29, 0.717) is 40.2 Å². The maximum atomic E-state index is 12.6. The van der Waals surface area contributed by atoms with Crippen LogP contribution < -0.4 is 5.76 Å². The van der Waals surface area contributed by atoms with E-state index >= 15 is 0 Å². The van der Waals surface area contributed by atoms with Crippen molar-refractivity contribution in [3.8, 4) is 0 Å². The van der Waals surface area contributed by atoms with Gasteiger partial charge in [-0.25, -0.2) is 4.79 Å². The third kappa shape index (κ3) is 3.55. The first kappa shape index (κ1) is 17.2. The second-order valence-corrected chi connectivity index (χ2v) is 6.58. The number of benzene rings is 2. The van der Waals surface area contributed by atoms with E-state index in [0.717, 1.165) is 5.56 Å². The number of ketones is 1. The zero-order valence-electron chi connectivity index (χ0n) is 14.3. The summed E-state index contributed by atoms with van der Waals surface area (Å²) in [4.78, 5) is 28.8. The molecule has 27 heavy (non-hydrogen) atoms. The van der Waals surface area contributed by atoms with E-state index in [9.17, 15) is 9.59 Å². The minimum absolute atomic E-state index is 0.152. The van der Waals surface area contributed by atoms with Gasteiger partial charge in [0.15, 0.2) is 11.4 Å². The fraction of sp³-hybridized carbons (Fsp3) is 0.0952. The molecule has 0 aliphatic rings. The van der Waals surface area contributed by atoms with Gasteiger partial charge in [-0.2, -0.15) is 0 Å². The van der Waals surface area contributed by atoms with Gasteiger partial charge in [-0.1, -0.05) is 11.6 Å². The normalized spacial score (nSPS) is 11.0. The summed E-state index contributed by atoms with van der Waals surface area (Å²) in [5, 5.41) is 0.569. The lowest BCUT2D eigenvalue weighted by Gasteiger charge is -2.04. The SMILES string of the molecule is O=C(c1ccc(Cl)cc1)c1ccc2c(c1)oc(=O)n2CCc1ccncc1. The van der Waals surface area contributed by atoms with Gasteiger partial charge in [0.2, 0.25) is 0 Å². The van der Waals surface area contributed by atoms with Crippen LogP contribution in [0.2, 0.25) is 5.02 Å². The van der Waals surface area contributed by atoms with Crippen LogP contribution in [0.4, 0.5) is 0 Å². The van der Waals surface area contributed by atoms with Gasteiger partial charge >= 0.3 is 5.76 Å². The van der Waals surface area contributed by atoms with E-state index in [1.165, 1.54) is 0 Å².